The smallest absolute Gasteiger partial charge is 0.407 e. The van der Waals surface area contributed by atoms with E-state index in [1.807, 2.05) is 20.8 Å². The number of halogens is 1. The fourth-order valence-corrected chi connectivity index (χ4v) is 4.54. The summed E-state index contributed by atoms with van der Waals surface area (Å²) in [5.74, 6) is 0. The molecule has 1 aliphatic rings. The van der Waals surface area contributed by atoms with Gasteiger partial charge in [0.2, 0.25) is 0 Å². The van der Waals surface area contributed by atoms with Crippen LogP contribution in [0.15, 0.2) is 15.9 Å². The van der Waals surface area contributed by atoms with Crippen molar-refractivity contribution in [1.82, 2.24) is 10.6 Å². The molecule has 1 heterocycles. The van der Waals surface area contributed by atoms with Crippen LogP contribution in [0.25, 0.3) is 0 Å². The molecule has 1 aliphatic carbocycles. The molecule has 124 valence electrons. The highest BCUT2D eigenvalue weighted by molar-refractivity contribution is 9.10. The van der Waals surface area contributed by atoms with Crippen molar-refractivity contribution in [1.29, 1.82) is 0 Å². The largest absolute Gasteiger partial charge is 0.444 e. The fraction of sp³-hybridized carbons (Fsp3) is 0.688. The van der Waals surface area contributed by atoms with Crippen LogP contribution < -0.4 is 10.6 Å². The lowest BCUT2D eigenvalue weighted by Crippen LogP contribution is -2.48. The van der Waals surface area contributed by atoms with E-state index in [1.165, 1.54) is 4.88 Å². The van der Waals surface area contributed by atoms with Gasteiger partial charge in [-0.15, -0.1) is 11.3 Å². The highest BCUT2D eigenvalue weighted by Crippen LogP contribution is 2.30. The van der Waals surface area contributed by atoms with Gasteiger partial charge in [0.25, 0.3) is 0 Å². The Morgan fingerprint density at radius 2 is 2.09 bits per heavy atom. The summed E-state index contributed by atoms with van der Waals surface area (Å²) >= 11 is 5.33. The van der Waals surface area contributed by atoms with Crippen LogP contribution in [0, 0.1) is 0 Å². The van der Waals surface area contributed by atoms with Crippen LogP contribution in [0.5, 0.6) is 0 Å². The summed E-state index contributed by atoms with van der Waals surface area (Å²) in [5, 5.41) is 8.76. The van der Waals surface area contributed by atoms with Gasteiger partial charge in [0.15, 0.2) is 0 Å². The molecule has 22 heavy (non-hydrogen) atoms. The first-order valence-electron chi connectivity index (χ1n) is 7.75. The molecule has 0 saturated heterocycles. The molecule has 6 heteroatoms. The monoisotopic (exact) mass is 388 g/mol. The second kappa shape index (κ2) is 7.32. The van der Waals surface area contributed by atoms with E-state index >= 15 is 0 Å². The molecule has 2 N–H and O–H groups in total. The number of rotatable bonds is 4. The predicted molar refractivity (Wildman–Crippen MR) is 94.4 cm³/mol. The molecule has 1 aromatic rings. The van der Waals surface area contributed by atoms with Crippen LogP contribution in [0.1, 0.15) is 57.9 Å². The standard InChI is InChI=1S/C16H25BrN2O2S/c1-10(14-11(17)8-9-22-14)18-12-6-5-7-13(12)19-15(20)21-16(2,3)4/h8-10,12-13,18H,5-7H2,1-4H3,(H,19,20). The Labute approximate surface area is 145 Å². The average Bonchev–Trinajstić information content (AvgIpc) is 2.96. The molecule has 4 nitrogen and oxygen atoms in total. The summed E-state index contributed by atoms with van der Waals surface area (Å²) in [4.78, 5) is 13.3. The molecule has 0 spiro atoms. The molecule has 1 amide bonds. The topological polar surface area (TPSA) is 50.4 Å². The van der Waals surface area contributed by atoms with E-state index in [1.54, 1.807) is 11.3 Å². The third-order valence-corrected chi connectivity index (χ3v) is 5.77. The molecule has 3 atom stereocenters. The van der Waals surface area contributed by atoms with Crippen molar-refractivity contribution >= 4 is 33.4 Å². The Kier molecular flexibility index (Phi) is 5.91. The van der Waals surface area contributed by atoms with Crippen molar-refractivity contribution in [3.8, 4) is 0 Å². The summed E-state index contributed by atoms with van der Waals surface area (Å²) in [6, 6.07) is 2.76. The minimum Gasteiger partial charge on any atom is -0.444 e. The van der Waals surface area contributed by atoms with Gasteiger partial charge in [0.05, 0.1) is 0 Å². The highest BCUT2D eigenvalue weighted by atomic mass is 79.9. The molecule has 0 aliphatic heterocycles. The molecule has 0 aromatic carbocycles. The second-order valence-electron chi connectivity index (χ2n) is 6.81. The third kappa shape index (κ3) is 4.96. The maximum Gasteiger partial charge on any atom is 0.407 e. The zero-order valence-corrected chi connectivity index (χ0v) is 16.0. The van der Waals surface area contributed by atoms with E-state index in [9.17, 15) is 4.79 Å². The number of hydrogen-bond acceptors (Lipinski definition) is 4. The van der Waals surface area contributed by atoms with E-state index in [4.69, 9.17) is 4.74 Å². The van der Waals surface area contributed by atoms with Crippen LogP contribution >= 0.6 is 27.3 Å². The van der Waals surface area contributed by atoms with Crippen molar-refractivity contribution in [2.45, 2.75) is 70.7 Å². The molecule has 2 rings (SSSR count). The number of nitrogens with one attached hydrogen (secondary N) is 2. The highest BCUT2D eigenvalue weighted by Gasteiger charge is 2.31. The van der Waals surface area contributed by atoms with Crippen LogP contribution in [-0.2, 0) is 4.74 Å². The number of carbonyl (C=O) groups excluding carboxylic acids is 1. The quantitative estimate of drug-likeness (QED) is 0.791. The summed E-state index contributed by atoms with van der Waals surface area (Å²) in [7, 11) is 0. The molecule has 1 aromatic heterocycles. The molecule has 0 bridgehead atoms. The Morgan fingerprint density at radius 1 is 1.41 bits per heavy atom. The minimum absolute atomic E-state index is 0.135. The summed E-state index contributed by atoms with van der Waals surface area (Å²) in [6.45, 7) is 7.81. The average molecular weight is 389 g/mol. The summed E-state index contributed by atoms with van der Waals surface area (Å²) < 4.78 is 6.51. The lowest BCUT2D eigenvalue weighted by atomic mass is 10.1. The zero-order valence-electron chi connectivity index (χ0n) is 13.6. The van der Waals surface area contributed by atoms with Crippen LogP contribution in [0.2, 0.25) is 0 Å². The first-order chi connectivity index (χ1) is 10.3. The summed E-state index contributed by atoms with van der Waals surface area (Å²) in [6.07, 6.45) is 2.87. The van der Waals surface area contributed by atoms with Gasteiger partial charge >= 0.3 is 6.09 Å². The number of thiophene rings is 1. The number of amides is 1. The summed E-state index contributed by atoms with van der Waals surface area (Å²) in [5.41, 5.74) is -0.458. The third-order valence-electron chi connectivity index (χ3n) is 3.72. The van der Waals surface area contributed by atoms with Gasteiger partial charge in [-0.3, -0.25) is 0 Å². The lowest BCUT2D eigenvalue weighted by molar-refractivity contribution is 0.0497. The van der Waals surface area contributed by atoms with Gasteiger partial charge < -0.3 is 15.4 Å². The maximum atomic E-state index is 12.0. The van der Waals surface area contributed by atoms with Gasteiger partial charge in [0.1, 0.15) is 5.60 Å². The number of alkyl carbamates (subject to hydrolysis) is 1. The SMILES string of the molecule is CC(NC1CCCC1NC(=O)OC(C)(C)C)c1sccc1Br. The zero-order chi connectivity index (χ0) is 16.3. The molecule has 1 saturated carbocycles. The van der Waals surface area contributed by atoms with Crippen LogP contribution in [-0.4, -0.2) is 23.8 Å². The van der Waals surface area contributed by atoms with Crippen molar-refractivity contribution in [2.24, 2.45) is 0 Å². The Hall–Kier alpha value is -0.590. The number of ether oxygens (including phenoxy) is 1. The van der Waals surface area contributed by atoms with Crippen molar-refractivity contribution in [3.63, 3.8) is 0 Å². The predicted octanol–water partition coefficient (Wildman–Crippen LogP) is 4.61. The Balaban J connectivity index is 1.91. The van der Waals surface area contributed by atoms with Gasteiger partial charge in [-0.2, -0.15) is 0 Å². The first kappa shape index (κ1) is 17.8. The molecular weight excluding hydrogens is 364 g/mol. The van der Waals surface area contributed by atoms with Gasteiger partial charge in [-0.05, 0) is 74.3 Å². The molecule has 1 fully saturated rings. The van der Waals surface area contributed by atoms with Crippen molar-refractivity contribution < 1.29 is 9.53 Å². The van der Waals surface area contributed by atoms with Gasteiger partial charge in [0, 0.05) is 27.5 Å². The molecule has 3 unspecified atom stereocenters. The Bertz CT molecular complexity index is 512. The van der Waals surface area contributed by atoms with Gasteiger partial charge in [-0.25, -0.2) is 4.79 Å². The van der Waals surface area contributed by atoms with Crippen molar-refractivity contribution in [3.05, 3.63) is 20.8 Å². The number of carbonyl (C=O) groups is 1. The first-order valence-corrected chi connectivity index (χ1v) is 9.42. The van der Waals surface area contributed by atoms with Gasteiger partial charge in [-0.1, -0.05) is 0 Å². The normalized spacial score (nSPS) is 23.3. The molecule has 0 radical (unpaired) electrons. The van der Waals surface area contributed by atoms with E-state index in [2.05, 4.69) is 44.9 Å². The van der Waals surface area contributed by atoms with Crippen LogP contribution in [0.4, 0.5) is 4.79 Å². The number of hydrogen-bond donors (Lipinski definition) is 2. The molecular formula is C16H25BrN2O2S. The second-order valence-corrected chi connectivity index (χ2v) is 8.61. The fourth-order valence-electron chi connectivity index (χ4n) is 2.80. The maximum absolute atomic E-state index is 12.0. The van der Waals surface area contributed by atoms with Crippen molar-refractivity contribution in [2.75, 3.05) is 0 Å². The lowest BCUT2D eigenvalue weighted by Gasteiger charge is -2.27. The van der Waals surface area contributed by atoms with Crippen LogP contribution in [0.3, 0.4) is 0 Å². The van der Waals surface area contributed by atoms with E-state index in [-0.39, 0.29) is 24.2 Å². The Morgan fingerprint density at radius 3 is 2.68 bits per heavy atom. The van der Waals surface area contributed by atoms with E-state index in [0.29, 0.717) is 0 Å². The van der Waals surface area contributed by atoms with E-state index in [0.717, 1.165) is 23.7 Å². The van der Waals surface area contributed by atoms with E-state index < -0.39 is 5.60 Å². The minimum atomic E-state index is -0.458.